The lowest BCUT2D eigenvalue weighted by molar-refractivity contribution is 0.142. The molecule has 1 aliphatic carbocycles. The van der Waals surface area contributed by atoms with Crippen LogP contribution in [0, 0.1) is 5.92 Å². The van der Waals surface area contributed by atoms with Crippen LogP contribution in [0.3, 0.4) is 0 Å². The number of hydrogen-bond acceptors (Lipinski definition) is 2. The van der Waals surface area contributed by atoms with Crippen LogP contribution >= 0.6 is 11.3 Å². The van der Waals surface area contributed by atoms with Gasteiger partial charge < -0.3 is 10.2 Å². The maximum Gasteiger partial charge on any atom is 0.318 e. The Morgan fingerprint density at radius 2 is 2.09 bits per heavy atom. The van der Waals surface area contributed by atoms with Gasteiger partial charge in [-0.15, -0.1) is 11.3 Å². The van der Waals surface area contributed by atoms with E-state index in [9.17, 15) is 4.79 Å². The highest BCUT2D eigenvalue weighted by Crippen LogP contribution is 2.37. The molecule has 2 unspecified atom stereocenters. The molecule has 4 heteroatoms. The van der Waals surface area contributed by atoms with Crippen LogP contribution in [0.15, 0.2) is 17.5 Å². The molecule has 2 aliphatic rings. The molecule has 0 radical (unpaired) electrons. The van der Waals surface area contributed by atoms with Crippen LogP contribution in [-0.4, -0.2) is 23.5 Å². The van der Waals surface area contributed by atoms with Crippen molar-refractivity contribution in [3.8, 4) is 0 Å². The van der Waals surface area contributed by atoms with E-state index in [0.717, 1.165) is 25.8 Å². The minimum absolute atomic E-state index is 0.164. The number of carbonyl (C=O) groups excluding carboxylic acids is 1. The molecule has 1 aromatic heterocycles. The Hall–Kier alpha value is -1.03. The Morgan fingerprint density at radius 3 is 2.77 bits per heavy atom. The molecular weight excluding hydrogens is 292 g/mol. The van der Waals surface area contributed by atoms with Gasteiger partial charge in [0.2, 0.25) is 0 Å². The zero-order chi connectivity index (χ0) is 15.4. The SMILES string of the molecule is CCC1CCCCN1C(=O)NC(c1cccs1)C1CCCC1. The van der Waals surface area contributed by atoms with E-state index in [0.29, 0.717) is 12.0 Å². The number of thiophene rings is 1. The molecule has 1 aromatic rings. The minimum atomic E-state index is 0.164. The van der Waals surface area contributed by atoms with Crippen LogP contribution < -0.4 is 5.32 Å². The lowest BCUT2D eigenvalue weighted by Gasteiger charge is -2.37. The predicted octanol–water partition coefficient (Wildman–Crippen LogP) is 4.95. The van der Waals surface area contributed by atoms with Crippen LogP contribution in [0.2, 0.25) is 0 Å². The molecule has 3 nitrogen and oxygen atoms in total. The topological polar surface area (TPSA) is 32.3 Å². The normalized spacial score (nSPS) is 24.4. The van der Waals surface area contributed by atoms with Gasteiger partial charge in [-0.1, -0.05) is 25.8 Å². The van der Waals surface area contributed by atoms with E-state index >= 15 is 0 Å². The number of hydrogen-bond donors (Lipinski definition) is 1. The first-order valence-corrected chi connectivity index (χ1v) is 9.78. The third-order valence-electron chi connectivity index (χ3n) is 5.36. The highest BCUT2D eigenvalue weighted by molar-refractivity contribution is 7.10. The predicted molar refractivity (Wildman–Crippen MR) is 92.2 cm³/mol. The summed E-state index contributed by atoms with van der Waals surface area (Å²) >= 11 is 1.78. The summed E-state index contributed by atoms with van der Waals surface area (Å²) < 4.78 is 0. The highest BCUT2D eigenvalue weighted by atomic mass is 32.1. The zero-order valence-corrected chi connectivity index (χ0v) is 14.4. The summed E-state index contributed by atoms with van der Waals surface area (Å²) in [4.78, 5) is 16.3. The highest BCUT2D eigenvalue weighted by Gasteiger charge is 2.32. The smallest absolute Gasteiger partial charge is 0.318 e. The molecule has 122 valence electrons. The molecule has 0 aromatic carbocycles. The average Bonchev–Trinajstić information content (AvgIpc) is 3.25. The van der Waals surface area contributed by atoms with Gasteiger partial charge in [0.15, 0.2) is 0 Å². The van der Waals surface area contributed by atoms with E-state index in [1.165, 1.54) is 37.0 Å². The molecule has 2 atom stereocenters. The fraction of sp³-hybridized carbons (Fsp3) is 0.722. The largest absolute Gasteiger partial charge is 0.330 e. The Kier molecular flexibility index (Phi) is 5.40. The second kappa shape index (κ2) is 7.49. The second-order valence-electron chi connectivity index (χ2n) is 6.74. The lowest BCUT2D eigenvalue weighted by Crippen LogP contribution is -2.50. The van der Waals surface area contributed by atoms with Crippen LogP contribution in [0.5, 0.6) is 0 Å². The molecule has 2 fully saturated rings. The first-order valence-electron chi connectivity index (χ1n) is 8.90. The van der Waals surface area contributed by atoms with E-state index in [2.05, 4.69) is 34.7 Å². The lowest BCUT2D eigenvalue weighted by atomic mass is 9.96. The molecule has 1 aliphatic heterocycles. The summed E-state index contributed by atoms with van der Waals surface area (Å²) in [5.74, 6) is 0.618. The van der Waals surface area contributed by atoms with Crippen molar-refractivity contribution in [2.75, 3.05) is 6.54 Å². The zero-order valence-electron chi connectivity index (χ0n) is 13.6. The summed E-state index contributed by atoms with van der Waals surface area (Å²) in [5, 5.41) is 5.52. The number of nitrogens with one attached hydrogen (secondary N) is 1. The van der Waals surface area contributed by atoms with E-state index in [1.807, 2.05) is 0 Å². The molecule has 1 saturated heterocycles. The van der Waals surface area contributed by atoms with Gasteiger partial charge in [-0.25, -0.2) is 4.79 Å². The molecule has 22 heavy (non-hydrogen) atoms. The summed E-state index contributed by atoms with van der Waals surface area (Å²) in [6.07, 6.45) is 9.77. The summed E-state index contributed by atoms with van der Waals surface area (Å²) in [6, 6.07) is 5.10. The van der Waals surface area contributed by atoms with Gasteiger partial charge in [0.1, 0.15) is 0 Å². The van der Waals surface area contributed by atoms with Gasteiger partial charge in [-0.3, -0.25) is 0 Å². The number of urea groups is 1. The number of piperidine rings is 1. The summed E-state index contributed by atoms with van der Waals surface area (Å²) in [5.41, 5.74) is 0. The first-order chi connectivity index (χ1) is 10.8. The molecule has 0 spiro atoms. The van der Waals surface area contributed by atoms with Crippen molar-refractivity contribution in [2.45, 2.75) is 70.4 Å². The molecular formula is C18H28N2OS. The molecule has 2 heterocycles. The fourth-order valence-electron chi connectivity index (χ4n) is 4.09. The molecule has 2 amide bonds. The third-order valence-corrected chi connectivity index (χ3v) is 6.31. The van der Waals surface area contributed by atoms with Crippen molar-refractivity contribution in [2.24, 2.45) is 5.92 Å². The van der Waals surface area contributed by atoms with E-state index in [4.69, 9.17) is 0 Å². The summed E-state index contributed by atoms with van der Waals surface area (Å²) in [6.45, 7) is 3.12. The number of rotatable bonds is 4. The van der Waals surface area contributed by atoms with Gasteiger partial charge in [0.05, 0.1) is 6.04 Å². The molecule has 1 saturated carbocycles. The average molecular weight is 321 g/mol. The standard InChI is InChI=1S/C18H28N2OS/c1-2-15-10-5-6-12-20(15)18(21)19-17(14-8-3-4-9-14)16-11-7-13-22-16/h7,11,13-15,17H,2-6,8-10,12H2,1H3,(H,19,21). The van der Waals surface area contributed by atoms with E-state index in [1.54, 1.807) is 11.3 Å². The molecule has 1 N–H and O–H groups in total. The van der Waals surface area contributed by atoms with Crippen molar-refractivity contribution < 1.29 is 4.79 Å². The van der Waals surface area contributed by atoms with Gasteiger partial charge >= 0.3 is 6.03 Å². The molecule has 3 rings (SSSR count). The number of likely N-dealkylation sites (tertiary alicyclic amines) is 1. The number of nitrogens with zero attached hydrogens (tertiary/aromatic N) is 1. The second-order valence-corrected chi connectivity index (χ2v) is 7.72. The third kappa shape index (κ3) is 3.48. The Bertz CT molecular complexity index is 467. The Labute approximate surface area is 138 Å². The van der Waals surface area contributed by atoms with Crippen LogP contribution in [0.4, 0.5) is 4.79 Å². The van der Waals surface area contributed by atoms with Crippen LogP contribution in [0.1, 0.15) is 69.2 Å². The fourth-order valence-corrected chi connectivity index (χ4v) is 4.96. The monoisotopic (exact) mass is 320 g/mol. The number of carbonyl (C=O) groups is 1. The van der Waals surface area contributed by atoms with Crippen molar-refractivity contribution in [3.05, 3.63) is 22.4 Å². The van der Waals surface area contributed by atoms with E-state index < -0.39 is 0 Å². The van der Waals surface area contributed by atoms with Crippen LogP contribution in [0.25, 0.3) is 0 Å². The first kappa shape index (κ1) is 15.9. The minimum Gasteiger partial charge on any atom is -0.330 e. The van der Waals surface area contributed by atoms with Crippen molar-refractivity contribution in [1.82, 2.24) is 10.2 Å². The molecule has 0 bridgehead atoms. The Morgan fingerprint density at radius 1 is 1.32 bits per heavy atom. The van der Waals surface area contributed by atoms with Crippen LogP contribution in [-0.2, 0) is 0 Å². The van der Waals surface area contributed by atoms with Crippen molar-refractivity contribution >= 4 is 17.4 Å². The Balaban J connectivity index is 1.70. The van der Waals surface area contributed by atoms with Gasteiger partial charge in [0, 0.05) is 17.5 Å². The number of amides is 2. The summed E-state index contributed by atoms with van der Waals surface area (Å²) in [7, 11) is 0. The van der Waals surface area contributed by atoms with Crippen molar-refractivity contribution in [1.29, 1.82) is 0 Å². The van der Waals surface area contributed by atoms with Gasteiger partial charge in [0.25, 0.3) is 0 Å². The van der Waals surface area contributed by atoms with E-state index in [-0.39, 0.29) is 12.1 Å². The maximum absolute atomic E-state index is 12.8. The maximum atomic E-state index is 12.8. The van der Waals surface area contributed by atoms with Crippen molar-refractivity contribution in [3.63, 3.8) is 0 Å². The van der Waals surface area contributed by atoms with Gasteiger partial charge in [-0.05, 0) is 55.9 Å². The van der Waals surface area contributed by atoms with Gasteiger partial charge in [-0.2, -0.15) is 0 Å². The quantitative estimate of drug-likeness (QED) is 0.836.